The molecule has 0 bridgehead atoms. The van der Waals surface area contributed by atoms with Crippen LogP contribution in [0.25, 0.3) is 0 Å². The van der Waals surface area contributed by atoms with E-state index in [2.05, 4.69) is 15.3 Å². The second-order valence-corrected chi connectivity index (χ2v) is 5.62. The lowest BCUT2D eigenvalue weighted by atomic mass is 10.3. The van der Waals surface area contributed by atoms with Gasteiger partial charge < -0.3 is 24.4 Å². The molecule has 3 rings (SSSR count). The molecular formula is C18H22N4O4. The Morgan fingerprint density at radius 1 is 1.19 bits per heavy atom. The highest BCUT2D eigenvalue weighted by Crippen LogP contribution is 2.16. The first-order chi connectivity index (χ1) is 12.8. The number of nitrogens with one attached hydrogen (secondary N) is 1. The molecule has 1 aliphatic rings. The number of hydrogen-bond donors (Lipinski definition) is 1. The molecule has 2 aromatic rings. The number of carbonyl (C=O) groups excluding carboxylic acids is 1. The van der Waals surface area contributed by atoms with Crippen molar-refractivity contribution in [3.63, 3.8) is 0 Å². The Balaban J connectivity index is 1.47. The molecule has 0 spiro atoms. The van der Waals surface area contributed by atoms with Crippen LogP contribution >= 0.6 is 0 Å². The number of hydrogen-bond acceptors (Lipinski definition) is 7. The molecule has 8 heteroatoms. The van der Waals surface area contributed by atoms with Gasteiger partial charge in [0.2, 0.25) is 5.95 Å². The highest BCUT2D eigenvalue weighted by molar-refractivity contribution is 5.92. The summed E-state index contributed by atoms with van der Waals surface area (Å²) in [7, 11) is 1.61. The van der Waals surface area contributed by atoms with Crippen LogP contribution in [0.15, 0.2) is 36.5 Å². The topological polar surface area (TPSA) is 85.8 Å². The molecule has 0 radical (unpaired) electrons. The molecule has 26 heavy (non-hydrogen) atoms. The third-order valence-corrected chi connectivity index (χ3v) is 3.89. The van der Waals surface area contributed by atoms with E-state index in [0.717, 1.165) is 24.6 Å². The van der Waals surface area contributed by atoms with E-state index in [1.165, 1.54) is 0 Å². The van der Waals surface area contributed by atoms with Crippen LogP contribution in [0.1, 0.15) is 10.5 Å². The van der Waals surface area contributed by atoms with Gasteiger partial charge in [0.25, 0.3) is 5.91 Å². The molecule has 1 fully saturated rings. The van der Waals surface area contributed by atoms with E-state index in [-0.39, 0.29) is 5.91 Å². The van der Waals surface area contributed by atoms with E-state index in [1.807, 2.05) is 29.2 Å². The van der Waals surface area contributed by atoms with Gasteiger partial charge in [-0.15, -0.1) is 0 Å². The lowest BCUT2D eigenvalue weighted by Gasteiger charge is -2.26. The van der Waals surface area contributed by atoms with Crippen LogP contribution in [-0.2, 0) is 4.74 Å². The number of aromatic nitrogens is 2. The van der Waals surface area contributed by atoms with Gasteiger partial charge in [-0.05, 0) is 30.3 Å². The number of ether oxygens (including phenoxy) is 3. The van der Waals surface area contributed by atoms with Crippen molar-refractivity contribution < 1.29 is 19.0 Å². The predicted molar refractivity (Wildman–Crippen MR) is 95.9 cm³/mol. The molecule has 1 aliphatic heterocycles. The van der Waals surface area contributed by atoms with Crippen LogP contribution in [0.2, 0.25) is 0 Å². The van der Waals surface area contributed by atoms with E-state index in [0.29, 0.717) is 38.0 Å². The molecule has 8 nitrogen and oxygen atoms in total. The van der Waals surface area contributed by atoms with Crippen molar-refractivity contribution in [2.24, 2.45) is 0 Å². The second kappa shape index (κ2) is 9.00. The third-order valence-electron chi connectivity index (χ3n) is 3.89. The minimum Gasteiger partial charge on any atom is -0.497 e. The smallest absolute Gasteiger partial charge is 0.270 e. The Labute approximate surface area is 152 Å². The van der Waals surface area contributed by atoms with Crippen LogP contribution in [0.3, 0.4) is 0 Å². The summed E-state index contributed by atoms with van der Waals surface area (Å²) < 4.78 is 16.0. The van der Waals surface area contributed by atoms with Crippen molar-refractivity contribution in [1.29, 1.82) is 0 Å². The summed E-state index contributed by atoms with van der Waals surface area (Å²) >= 11 is 0. The van der Waals surface area contributed by atoms with Gasteiger partial charge in [-0.1, -0.05) is 0 Å². The Hall–Kier alpha value is -2.87. The summed E-state index contributed by atoms with van der Waals surface area (Å²) in [5, 5.41) is 2.80. The molecule has 1 amide bonds. The summed E-state index contributed by atoms with van der Waals surface area (Å²) in [6, 6.07) is 8.88. The molecular weight excluding hydrogens is 336 g/mol. The Morgan fingerprint density at radius 2 is 1.92 bits per heavy atom. The summed E-state index contributed by atoms with van der Waals surface area (Å²) in [4.78, 5) is 22.8. The van der Waals surface area contributed by atoms with Crippen molar-refractivity contribution in [3.8, 4) is 11.5 Å². The van der Waals surface area contributed by atoms with Crippen molar-refractivity contribution in [3.05, 3.63) is 42.2 Å². The maximum Gasteiger partial charge on any atom is 0.270 e. The number of morpholine rings is 1. The zero-order chi connectivity index (χ0) is 18.2. The quantitative estimate of drug-likeness (QED) is 0.743. The summed E-state index contributed by atoms with van der Waals surface area (Å²) in [6.45, 7) is 3.47. The van der Waals surface area contributed by atoms with Gasteiger partial charge in [-0.3, -0.25) is 4.79 Å². The van der Waals surface area contributed by atoms with Crippen molar-refractivity contribution in [2.75, 3.05) is 51.5 Å². The molecule has 0 unspecified atom stereocenters. The number of anilines is 1. The third kappa shape index (κ3) is 4.82. The minimum absolute atomic E-state index is 0.250. The van der Waals surface area contributed by atoms with Gasteiger partial charge in [-0.25, -0.2) is 9.97 Å². The fourth-order valence-electron chi connectivity index (χ4n) is 2.49. The van der Waals surface area contributed by atoms with Crippen molar-refractivity contribution in [2.45, 2.75) is 0 Å². The van der Waals surface area contributed by atoms with Gasteiger partial charge in [-0.2, -0.15) is 0 Å². The zero-order valence-corrected chi connectivity index (χ0v) is 14.7. The van der Waals surface area contributed by atoms with Gasteiger partial charge in [0.05, 0.1) is 26.9 Å². The first-order valence-electron chi connectivity index (χ1n) is 8.47. The van der Waals surface area contributed by atoms with Gasteiger partial charge in [0.1, 0.15) is 23.8 Å². The monoisotopic (exact) mass is 358 g/mol. The first kappa shape index (κ1) is 17.9. The van der Waals surface area contributed by atoms with E-state index in [4.69, 9.17) is 14.2 Å². The molecule has 0 saturated carbocycles. The fourth-order valence-corrected chi connectivity index (χ4v) is 2.49. The Kier molecular flexibility index (Phi) is 6.21. The lowest BCUT2D eigenvalue weighted by molar-refractivity contribution is 0.0941. The lowest BCUT2D eigenvalue weighted by Crippen LogP contribution is -2.38. The highest BCUT2D eigenvalue weighted by atomic mass is 16.5. The summed E-state index contributed by atoms with van der Waals surface area (Å²) in [5.41, 5.74) is 0.339. The predicted octanol–water partition coefficient (Wildman–Crippen LogP) is 1.13. The molecule has 0 atom stereocenters. The number of nitrogens with zero attached hydrogens (tertiary/aromatic N) is 3. The average molecular weight is 358 g/mol. The Morgan fingerprint density at radius 3 is 2.65 bits per heavy atom. The van der Waals surface area contributed by atoms with E-state index in [9.17, 15) is 4.79 Å². The van der Waals surface area contributed by atoms with Crippen molar-refractivity contribution in [1.82, 2.24) is 15.3 Å². The summed E-state index contributed by atoms with van der Waals surface area (Å²) in [6.07, 6.45) is 1.60. The second-order valence-electron chi connectivity index (χ2n) is 5.62. The number of rotatable bonds is 7. The maximum absolute atomic E-state index is 12.3. The van der Waals surface area contributed by atoms with Crippen LogP contribution in [-0.4, -0.2) is 62.4 Å². The van der Waals surface area contributed by atoms with E-state index in [1.54, 1.807) is 19.4 Å². The first-order valence-corrected chi connectivity index (χ1v) is 8.47. The average Bonchev–Trinajstić information content (AvgIpc) is 2.72. The molecule has 0 aliphatic carbocycles. The maximum atomic E-state index is 12.3. The molecule has 1 aromatic carbocycles. The number of methoxy groups -OCH3 is 1. The SMILES string of the molecule is COc1ccc(OCCNC(=O)c2ccnc(N3CCOCC3)n2)cc1. The number of carbonyl (C=O) groups is 1. The van der Waals surface area contributed by atoms with Gasteiger partial charge in [0, 0.05) is 19.3 Å². The largest absolute Gasteiger partial charge is 0.497 e. The standard InChI is InChI=1S/C18H22N4O4/c1-24-14-2-4-15(5-3-14)26-11-8-19-17(23)16-6-7-20-18(21-16)22-9-12-25-13-10-22/h2-7H,8-13H2,1H3,(H,19,23). The highest BCUT2D eigenvalue weighted by Gasteiger charge is 2.16. The van der Waals surface area contributed by atoms with Crippen LogP contribution in [0.5, 0.6) is 11.5 Å². The van der Waals surface area contributed by atoms with E-state index >= 15 is 0 Å². The van der Waals surface area contributed by atoms with Crippen LogP contribution < -0.4 is 19.7 Å². The minimum atomic E-state index is -0.250. The number of amides is 1. The van der Waals surface area contributed by atoms with Crippen LogP contribution in [0.4, 0.5) is 5.95 Å². The van der Waals surface area contributed by atoms with Gasteiger partial charge in [0.15, 0.2) is 0 Å². The molecule has 1 aromatic heterocycles. The molecule has 138 valence electrons. The number of benzene rings is 1. The molecule has 1 saturated heterocycles. The summed E-state index contributed by atoms with van der Waals surface area (Å²) in [5.74, 6) is 1.79. The normalized spacial score (nSPS) is 14.0. The fraction of sp³-hybridized carbons (Fsp3) is 0.389. The van der Waals surface area contributed by atoms with Gasteiger partial charge >= 0.3 is 0 Å². The molecule has 2 heterocycles. The Bertz CT molecular complexity index is 717. The molecule has 1 N–H and O–H groups in total. The zero-order valence-electron chi connectivity index (χ0n) is 14.7. The van der Waals surface area contributed by atoms with E-state index < -0.39 is 0 Å². The van der Waals surface area contributed by atoms with Crippen molar-refractivity contribution >= 4 is 11.9 Å². The van der Waals surface area contributed by atoms with Crippen LogP contribution in [0, 0.1) is 0 Å².